The van der Waals surface area contributed by atoms with E-state index in [1.165, 1.54) is 12.1 Å². The van der Waals surface area contributed by atoms with E-state index in [-0.39, 0.29) is 5.56 Å². The van der Waals surface area contributed by atoms with Crippen LogP contribution >= 0.6 is 0 Å². The first-order valence-corrected chi connectivity index (χ1v) is 5.78. The zero-order chi connectivity index (χ0) is 14.8. The molecule has 0 spiro atoms. The molecule has 0 fully saturated rings. The summed E-state index contributed by atoms with van der Waals surface area (Å²) >= 11 is 0. The maximum Gasteiger partial charge on any atom is 0.416 e. The third-order valence-corrected chi connectivity index (χ3v) is 2.58. The first-order chi connectivity index (χ1) is 9.36. The number of alkyl halides is 3. The van der Waals surface area contributed by atoms with E-state index in [2.05, 4.69) is 10.3 Å². The van der Waals surface area contributed by atoms with Gasteiger partial charge >= 0.3 is 6.18 Å². The van der Waals surface area contributed by atoms with Crippen molar-refractivity contribution in [3.8, 4) is 0 Å². The molecule has 104 valence electrons. The molecule has 0 radical (unpaired) electrons. The van der Waals surface area contributed by atoms with Crippen molar-refractivity contribution >= 4 is 11.7 Å². The molecule has 6 heteroatoms. The van der Waals surface area contributed by atoms with Gasteiger partial charge in [-0.25, -0.2) is 4.98 Å². The van der Waals surface area contributed by atoms with E-state index >= 15 is 0 Å². The number of aromatic nitrogens is 1. The molecule has 1 aromatic carbocycles. The number of carbonyl (C=O) groups excluding carboxylic acids is 1. The highest BCUT2D eigenvalue weighted by atomic mass is 19.4. The summed E-state index contributed by atoms with van der Waals surface area (Å²) in [5, 5.41) is 2.46. The number of benzene rings is 1. The number of amides is 1. The average Bonchev–Trinajstić information content (AvgIpc) is 2.38. The fourth-order valence-electron chi connectivity index (χ4n) is 1.64. The Morgan fingerprint density at radius 2 is 1.85 bits per heavy atom. The lowest BCUT2D eigenvalue weighted by Crippen LogP contribution is -2.14. The Morgan fingerprint density at radius 3 is 2.50 bits per heavy atom. The summed E-state index contributed by atoms with van der Waals surface area (Å²) in [4.78, 5) is 15.9. The fraction of sp³-hybridized carbons (Fsp3) is 0.143. The van der Waals surface area contributed by atoms with Crippen LogP contribution in [0, 0.1) is 6.92 Å². The van der Waals surface area contributed by atoms with Gasteiger partial charge in [-0.3, -0.25) is 4.79 Å². The van der Waals surface area contributed by atoms with Gasteiger partial charge in [-0.05, 0) is 37.3 Å². The summed E-state index contributed by atoms with van der Waals surface area (Å²) in [6.07, 6.45) is -4.47. The first kappa shape index (κ1) is 14.0. The Hall–Kier alpha value is -2.37. The number of carbonyl (C=O) groups is 1. The van der Waals surface area contributed by atoms with Gasteiger partial charge in [0.25, 0.3) is 5.91 Å². The summed E-state index contributed by atoms with van der Waals surface area (Å²) in [6.45, 7) is 1.75. The molecule has 2 aromatic rings. The molecule has 1 aromatic heterocycles. The van der Waals surface area contributed by atoms with Crippen LogP contribution < -0.4 is 5.32 Å². The Morgan fingerprint density at radius 1 is 1.15 bits per heavy atom. The molecular formula is C14H11F3N2O. The van der Waals surface area contributed by atoms with Crippen molar-refractivity contribution in [2.24, 2.45) is 0 Å². The summed E-state index contributed by atoms with van der Waals surface area (Å²) in [7, 11) is 0. The number of anilines is 1. The minimum absolute atomic E-state index is 0.0665. The van der Waals surface area contributed by atoms with Crippen molar-refractivity contribution in [3.63, 3.8) is 0 Å². The number of pyridine rings is 1. The number of hydrogen-bond donors (Lipinski definition) is 1. The van der Waals surface area contributed by atoms with Gasteiger partial charge in [0, 0.05) is 11.3 Å². The summed E-state index contributed by atoms with van der Waals surface area (Å²) in [5.41, 5.74) is -0.225. The van der Waals surface area contributed by atoms with Crippen LogP contribution in [0.15, 0.2) is 42.5 Å². The van der Waals surface area contributed by atoms with Crippen LogP contribution in [0.25, 0.3) is 0 Å². The van der Waals surface area contributed by atoms with Crippen LogP contribution in [-0.4, -0.2) is 10.9 Å². The molecule has 1 N–H and O–H groups in total. The van der Waals surface area contributed by atoms with Crippen molar-refractivity contribution in [2.45, 2.75) is 13.1 Å². The molecule has 0 atom stereocenters. The number of nitrogens with zero attached hydrogens (tertiary/aromatic N) is 1. The lowest BCUT2D eigenvalue weighted by molar-refractivity contribution is -0.137. The molecule has 1 amide bonds. The average molecular weight is 280 g/mol. The van der Waals surface area contributed by atoms with E-state index in [9.17, 15) is 18.0 Å². The lowest BCUT2D eigenvalue weighted by atomic mass is 10.1. The molecule has 0 aliphatic heterocycles. The Balaban J connectivity index is 2.22. The van der Waals surface area contributed by atoms with Crippen molar-refractivity contribution in [3.05, 3.63) is 59.3 Å². The molecule has 0 saturated carbocycles. The number of halogens is 3. The highest BCUT2D eigenvalue weighted by Crippen LogP contribution is 2.29. The van der Waals surface area contributed by atoms with Gasteiger partial charge in [0.15, 0.2) is 0 Å². The molecule has 1 heterocycles. The third-order valence-electron chi connectivity index (χ3n) is 2.58. The second-order valence-corrected chi connectivity index (χ2v) is 4.20. The van der Waals surface area contributed by atoms with E-state index in [4.69, 9.17) is 0 Å². The quantitative estimate of drug-likeness (QED) is 0.912. The minimum atomic E-state index is -4.47. The molecule has 2 rings (SSSR count). The maximum atomic E-state index is 12.6. The molecule has 20 heavy (non-hydrogen) atoms. The van der Waals surface area contributed by atoms with E-state index in [0.29, 0.717) is 11.5 Å². The van der Waals surface area contributed by atoms with Gasteiger partial charge in [0.1, 0.15) is 5.82 Å². The smallest absolute Gasteiger partial charge is 0.307 e. The monoisotopic (exact) mass is 280 g/mol. The zero-order valence-corrected chi connectivity index (χ0v) is 10.5. The summed E-state index contributed by atoms with van der Waals surface area (Å²) in [5.74, 6) is -0.332. The first-order valence-electron chi connectivity index (χ1n) is 5.78. The highest BCUT2D eigenvalue weighted by Gasteiger charge is 2.30. The van der Waals surface area contributed by atoms with Gasteiger partial charge in [-0.15, -0.1) is 0 Å². The normalized spacial score (nSPS) is 11.2. The second kappa shape index (κ2) is 5.32. The molecule has 0 bridgehead atoms. The van der Waals surface area contributed by atoms with E-state index in [1.54, 1.807) is 25.1 Å². The van der Waals surface area contributed by atoms with Crippen molar-refractivity contribution < 1.29 is 18.0 Å². The molecule has 0 unspecified atom stereocenters. The molecule has 0 aliphatic carbocycles. The molecule has 0 aliphatic rings. The van der Waals surface area contributed by atoms with Gasteiger partial charge in [-0.2, -0.15) is 13.2 Å². The maximum absolute atomic E-state index is 12.6. The van der Waals surface area contributed by atoms with Crippen LogP contribution in [-0.2, 0) is 6.18 Å². The van der Waals surface area contributed by atoms with Crippen LogP contribution in [0.2, 0.25) is 0 Å². The second-order valence-electron chi connectivity index (χ2n) is 4.20. The van der Waals surface area contributed by atoms with Gasteiger partial charge in [0.2, 0.25) is 0 Å². The predicted octanol–water partition coefficient (Wildman–Crippen LogP) is 3.66. The van der Waals surface area contributed by atoms with E-state index < -0.39 is 17.6 Å². The van der Waals surface area contributed by atoms with Crippen LogP contribution in [0.5, 0.6) is 0 Å². The number of rotatable bonds is 2. The van der Waals surface area contributed by atoms with Gasteiger partial charge in [0.05, 0.1) is 5.56 Å². The molecular weight excluding hydrogens is 269 g/mol. The number of hydrogen-bond acceptors (Lipinski definition) is 2. The topological polar surface area (TPSA) is 42.0 Å². The summed E-state index contributed by atoms with van der Waals surface area (Å²) < 4.78 is 37.7. The van der Waals surface area contributed by atoms with Crippen molar-refractivity contribution in [1.82, 2.24) is 4.98 Å². The van der Waals surface area contributed by atoms with Gasteiger partial charge in [-0.1, -0.05) is 12.1 Å². The highest BCUT2D eigenvalue weighted by molar-refractivity contribution is 6.03. The van der Waals surface area contributed by atoms with Crippen molar-refractivity contribution in [1.29, 1.82) is 0 Å². The Kier molecular flexibility index (Phi) is 3.74. The van der Waals surface area contributed by atoms with Crippen LogP contribution in [0.1, 0.15) is 21.6 Å². The van der Waals surface area contributed by atoms with Crippen LogP contribution in [0.3, 0.4) is 0 Å². The lowest BCUT2D eigenvalue weighted by Gasteiger charge is -2.09. The van der Waals surface area contributed by atoms with E-state index in [1.807, 2.05) is 0 Å². The zero-order valence-electron chi connectivity index (χ0n) is 10.5. The SMILES string of the molecule is Cc1cccc(NC(=O)c2cccc(C(F)(F)F)c2)n1. The Labute approximate surface area is 113 Å². The number of aryl methyl sites for hydroxylation is 1. The standard InChI is InChI=1S/C14H11F3N2O/c1-9-4-2-7-12(18-9)19-13(20)10-5-3-6-11(8-10)14(15,16)17/h2-8H,1H3,(H,18,19,20). The molecule has 0 saturated heterocycles. The van der Waals surface area contributed by atoms with E-state index in [0.717, 1.165) is 12.1 Å². The number of nitrogens with one attached hydrogen (secondary N) is 1. The summed E-state index contributed by atoms with van der Waals surface area (Å²) in [6, 6.07) is 9.26. The predicted molar refractivity (Wildman–Crippen MR) is 68.4 cm³/mol. The van der Waals surface area contributed by atoms with Gasteiger partial charge < -0.3 is 5.32 Å². The third kappa shape index (κ3) is 3.34. The molecule has 3 nitrogen and oxygen atoms in total. The Bertz CT molecular complexity index is 638. The largest absolute Gasteiger partial charge is 0.416 e. The van der Waals surface area contributed by atoms with Crippen molar-refractivity contribution in [2.75, 3.05) is 5.32 Å². The fourth-order valence-corrected chi connectivity index (χ4v) is 1.64. The van der Waals surface area contributed by atoms with Crippen LogP contribution in [0.4, 0.5) is 19.0 Å². The minimum Gasteiger partial charge on any atom is -0.307 e.